The Hall–Kier alpha value is -0.820. The van der Waals surface area contributed by atoms with E-state index in [4.69, 9.17) is 5.73 Å². The Labute approximate surface area is 105 Å². The van der Waals surface area contributed by atoms with Crippen LogP contribution in [0.3, 0.4) is 0 Å². The van der Waals surface area contributed by atoms with Gasteiger partial charge in [0.2, 0.25) is 0 Å². The molecule has 2 rings (SSSR count). The molecule has 0 bridgehead atoms. The summed E-state index contributed by atoms with van der Waals surface area (Å²) in [5.74, 6) is 0. The van der Waals surface area contributed by atoms with Gasteiger partial charge in [0.1, 0.15) is 0 Å². The maximum absolute atomic E-state index is 5.78. The van der Waals surface area contributed by atoms with Crippen molar-refractivity contribution in [2.45, 2.75) is 51.9 Å². The third-order valence-corrected chi connectivity index (χ3v) is 4.40. The van der Waals surface area contributed by atoms with Crippen molar-refractivity contribution in [2.75, 3.05) is 6.54 Å². The molecule has 1 aromatic carbocycles. The molecule has 1 aliphatic rings. The Morgan fingerprint density at radius 1 is 1.06 bits per heavy atom. The zero-order valence-electron chi connectivity index (χ0n) is 11.0. The first-order chi connectivity index (χ1) is 8.24. The third kappa shape index (κ3) is 3.32. The van der Waals surface area contributed by atoms with Gasteiger partial charge >= 0.3 is 0 Å². The normalized spacial score (nSPS) is 18.5. The Balaban J connectivity index is 1.93. The molecule has 1 aliphatic carbocycles. The summed E-state index contributed by atoms with van der Waals surface area (Å²) in [5.41, 5.74) is 9.19. The molecular formula is C16H25N. The predicted octanol–water partition coefficient (Wildman–Crippen LogP) is 3.84. The van der Waals surface area contributed by atoms with Gasteiger partial charge in [0, 0.05) is 0 Å². The van der Waals surface area contributed by atoms with E-state index in [1.54, 1.807) is 0 Å². The zero-order chi connectivity index (χ0) is 12.1. The predicted molar refractivity (Wildman–Crippen MR) is 74.1 cm³/mol. The van der Waals surface area contributed by atoms with Gasteiger partial charge in [-0.1, -0.05) is 42.7 Å². The van der Waals surface area contributed by atoms with Gasteiger partial charge in [-0.3, -0.25) is 0 Å². The number of hydrogen-bond acceptors (Lipinski definition) is 1. The fourth-order valence-corrected chi connectivity index (χ4v) is 3.22. The first-order valence-corrected chi connectivity index (χ1v) is 7.00. The molecule has 0 heterocycles. The molecule has 0 radical (unpaired) electrons. The molecule has 0 spiro atoms. The number of rotatable bonds is 5. The Kier molecular flexibility index (Phi) is 4.22. The molecule has 0 amide bonds. The van der Waals surface area contributed by atoms with Gasteiger partial charge in [-0.05, 0) is 56.6 Å². The second kappa shape index (κ2) is 5.68. The van der Waals surface area contributed by atoms with Crippen molar-refractivity contribution >= 4 is 0 Å². The third-order valence-electron chi connectivity index (χ3n) is 4.40. The lowest BCUT2D eigenvalue weighted by Crippen LogP contribution is -2.21. The largest absolute Gasteiger partial charge is 0.330 e. The van der Waals surface area contributed by atoms with Crippen LogP contribution >= 0.6 is 0 Å². The second-order valence-electron chi connectivity index (χ2n) is 5.73. The van der Waals surface area contributed by atoms with E-state index in [2.05, 4.69) is 31.2 Å². The highest BCUT2D eigenvalue weighted by Crippen LogP contribution is 2.44. The van der Waals surface area contributed by atoms with Crippen LogP contribution in [0.4, 0.5) is 0 Å². The molecule has 0 aromatic heterocycles. The maximum Gasteiger partial charge on any atom is -0.00720 e. The Morgan fingerprint density at radius 2 is 1.71 bits per heavy atom. The van der Waals surface area contributed by atoms with Crippen LogP contribution in [-0.4, -0.2) is 6.54 Å². The quantitative estimate of drug-likeness (QED) is 0.818. The summed E-state index contributed by atoms with van der Waals surface area (Å²) in [5, 5.41) is 0. The van der Waals surface area contributed by atoms with Crippen LogP contribution in [0, 0.1) is 12.3 Å². The fourth-order valence-electron chi connectivity index (χ4n) is 3.22. The zero-order valence-corrected chi connectivity index (χ0v) is 11.0. The monoisotopic (exact) mass is 231 g/mol. The molecule has 1 aromatic rings. The highest BCUT2D eigenvalue weighted by molar-refractivity contribution is 5.21. The van der Waals surface area contributed by atoms with Crippen LogP contribution in [0.2, 0.25) is 0 Å². The molecule has 1 heteroatoms. The van der Waals surface area contributed by atoms with Crippen LogP contribution in [0.25, 0.3) is 0 Å². The molecule has 94 valence electrons. The summed E-state index contributed by atoms with van der Waals surface area (Å²) in [6.07, 6.45) is 9.39. The maximum atomic E-state index is 5.78. The van der Waals surface area contributed by atoms with Crippen LogP contribution in [0.1, 0.15) is 49.7 Å². The van der Waals surface area contributed by atoms with Crippen molar-refractivity contribution in [1.82, 2.24) is 0 Å². The van der Waals surface area contributed by atoms with Gasteiger partial charge < -0.3 is 5.73 Å². The first-order valence-electron chi connectivity index (χ1n) is 7.00. The molecule has 0 aliphatic heterocycles. The minimum atomic E-state index is 0.569. The van der Waals surface area contributed by atoms with E-state index in [0.717, 1.165) is 6.54 Å². The number of aryl methyl sites for hydroxylation is 2. The van der Waals surface area contributed by atoms with Gasteiger partial charge in [-0.2, -0.15) is 0 Å². The average molecular weight is 231 g/mol. The second-order valence-corrected chi connectivity index (χ2v) is 5.73. The summed E-state index contributed by atoms with van der Waals surface area (Å²) < 4.78 is 0. The first kappa shape index (κ1) is 12.6. The van der Waals surface area contributed by atoms with E-state index in [9.17, 15) is 0 Å². The van der Waals surface area contributed by atoms with Crippen LogP contribution in [0.5, 0.6) is 0 Å². The lowest BCUT2D eigenvalue weighted by atomic mass is 9.77. The molecule has 0 unspecified atom stereocenters. The van der Waals surface area contributed by atoms with Crippen molar-refractivity contribution in [2.24, 2.45) is 11.1 Å². The summed E-state index contributed by atoms with van der Waals surface area (Å²) >= 11 is 0. The average Bonchev–Trinajstić information content (AvgIpc) is 2.78. The molecular weight excluding hydrogens is 206 g/mol. The van der Waals surface area contributed by atoms with Crippen molar-refractivity contribution in [3.63, 3.8) is 0 Å². The molecule has 0 atom stereocenters. The van der Waals surface area contributed by atoms with Gasteiger partial charge in [0.15, 0.2) is 0 Å². The standard InChI is InChI=1S/C16H25N/c1-14-4-6-15(7-5-14)8-11-16(12-13-17)9-2-3-10-16/h4-7H,2-3,8-13,17H2,1H3. The number of nitrogens with two attached hydrogens (primary N) is 1. The fraction of sp³-hybridized carbons (Fsp3) is 0.625. The van der Waals surface area contributed by atoms with Crippen molar-refractivity contribution in [1.29, 1.82) is 0 Å². The lowest BCUT2D eigenvalue weighted by molar-refractivity contribution is 0.253. The summed E-state index contributed by atoms with van der Waals surface area (Å²) in [4.78, 5) is 0. The van der Waals surface area contributed by atoms with Gasteiger partial charge in [0.25, 0.3) is 0 Å². The van der Waals surface area contributed by atoms with E-state index < -0.39 is 0 Å². The number of hydrogen-bond donors (Lipinski definition) is 1. The smallest absolute Gasteiger partial charge is 0.00720 e. The van der Waals surface area contributed by atoms with E-state index in [1.165, 1.54) is 56.1 Å². The van der Waals surface area contributed by atoms with Crippen LogP contribution < -0.4 is 5.73 Å². The van der Waals surface area contributed by atoms with Gasteiger partial charge in [-0.15, -0.1) is 0 Å². The number of benzene rings is 1. The minimum Gasteiger partial charge on any atom is -0.330 e. The van der Waals surface area contributed by atoms with Crippen molar-refractivity contribution < 1.29 is 0 Å². The minimum absolute atomic E-state index is 0.569. The van der Waals surface area contributed by atoms with E-state index in [-0.39, 0.29) is 0 Å². The van der Waals surface area contributed by atoms with E-state index >= 15 is 0 Å². The van der Waals surface area contributed by atoms with Crippen molar-refractivity contribution in [3.8, 4) is 0 Å². The van der Waals surface area contributed by atoms with E-state index in [0.29, 0.717) is 5.41 Å². The highest BCUT2D eigenvalue weighted by Gasteiger charge is 2.32. The topological polar surface area (TPSA) is 26.0 Å². The molecule has 0 saturated heterocycles. The molecule has 2 N–H and O–H groups in total. The van der Waals surface area contributed by atoms with Crippen molar-refractivity contribution in [3.05, 3.63) is 35.4 Å². The molecule has 1 saturated carbocycles. The van der Waals surface area contributed by atoms with Gasteiger partial charge in [0.05, 0.1) is 0 Å². The lowest BCUT2D eigenvalue weighted by Gasteiger charge is -2.28. The summed E-state index contributed by atoms with van der Waals surface area (Å²) in [6, 6.07) is 9.00. The van der Waals surface area contributed by atoms with Gasteiger partial charge in [-0.25, -0.2) is 0 Å². The Morgan fingerprint density at radius 3 is 2.29 bits per heavy atom. The SMILES string of the molecule is Cc1ccc(CCC2(CCN)CCCC2)cc1. The molecule has 1 fully saturated rings. The molecule has 1 nitrogen and oxygen atoms in total. The summed E-state index contributed by atoms with van der Waals surface area (Å²) in [7, 11) is 0. The highest BCUT2D eigenvalue weighted by atomic mass is 14.5. The molecule has 17 heavy (non-hydrogen) atoms. The van der Waals surface area contributed by atoms with E-state index in [1.807, 2.05) is 0 Å². The summed E-state index contributed by atoms with van der Waals surface area (Å²) in [6.45, 7) is 3.00. The van der Waals surface area contributed by atoms with Crippen LogP contribution in [0.15, 0.2) is 24.3 Å². The van der Waals surface area contributed by atoms with Crippen LogP contribution in [-0.2, 0) is 6.42 Å². The Bertz CT molecular complexity index is 333.